The lowest BCUT2D eigenvalue weighted by molar-refractivity contribution is 0.101. The van der Waals surface area contributed by atoms with E-state index in [0.29, 0.717) is 11.3 Å². The fraction of sp³-hybridized carbons (Fsp3) is 0.286. The second kappa shape index (κ2) is 4.29. The molecule has 2 N–H and O–H groups in total. The number of rotatable bonds is 2. The summed E-state index contributed by atoms with van der Waals surface area (Å²) in [6, 6.07) is 5.40. The van der Waals surface area contributed by atoms with E-state index in [2.05, 4.69) is 5.10 Å². The third-order valence-electron chi connectivity index (χ3n) is 3.31. The van der Waals surface area contributed by atoms with E-state index >= 15 is 0 Å². The molecule has 1 aromatic heterocycles. The number of ketones is 1. The average Bonchev–Trinajstić information content (AvgIpc) is 2.56. The molecule has 1 aromatic carbocycles. The second-order valence-corrected chi connectivity index (χ2v) is 4.54. The van der Waals surface area contributed by atoms with E-state index in [4.69, 9.17) is 5.73 Å². The topological polar surface area (TPSA) is 60.9 Å². The summed E-state index contributed by atoms with van der Waals surface area (Å²) in [5, 5.41) is 4.47. The summed E-state index contributed by atoms with van der Waals surface area (Å²) in [5.41, 5.74) is 11.1. The molecule has 0 fully saturated rings. The molecular weight excluding hydrogens is 226 g/mol. The van der Waals surface area contributed by atoms with E-state index in [1.807, 2.05) is 31.5 Å². The van der Waals surface area contributed by atoms with Gasteiger partial charge in [0, 0.05) is 16.9 Å². The van der Waals surface area contributed by atoms with Crippen molar-refractivity contribution in [2.75, 3.05) is 5.73 Å². The molecule has 0 bridgehead atoms. The Hall–Kier alpha value is -2.10. The molecule has 0 spiro atoms. The number of nitrogens with two attached hydrogens (primary N) is 1. The molecule has 4 heteroatoms. The van der Waals surface area contributed by atoms with E-state index in [1.54, 1.807) is 12.1 Å². The first kappa shape index (κ1) is 12.4. The van der Waals surface area contributed by atoms with Gasteiger partial charge >= 0.3 is 0 Å². The molecule has 0 atom stereocenters. The quantitative estimate of drug-likeness (QED) is 0.651. The largest absolute Gasteiger partial charge is 0.398 e. The molecule has 0 saturated heterocycles. The number of nitrogen functional groups attached to an aromatic ring is 1. The van der Waals surface area contributed by atoms with Crippen LogP contribution in [0.25, 0.3) is 5.69 Å². The van der Waals surface area contributed by atoms with E-state index in [-0.39, 0.29) is 5.78 Å². The highest BCUT2D eigenvalue weighted by atomic mass is 16.1. The van der Waals surface area contributed by atoms with Gasteiger partial charge < -0.3 is 5.73 Å². The van der Waals surface area contributed by atoms with Crippen LogP contribution in [0.5, 0.6) is 0 Å². The molecule has 0 radical (unpaired) electrons. The van der Waals surface area contributed by atoms with Crippen LogP contribution in [0, 0.1) is 20.8 Å². The number of aromatic nitrogens is 2. The summed E-state index contributed by atoms with van der Waals surface area (Å²) in [6.45, 7) is 7.55. The Morgan fingerprint density at radius 2 is 1.94 bits per heavy atom. The summed E-state index contributed by atoms with van der Waals surface area (Å²) in [4.78, 5) is 11.3. The van der Waals surface area contributed by atoms with Crippen molar-refractivity contribution in [1.82, 2.24) is 9.78 Å². The van der Waals surface area contributed by atoms with Gasteiger partial charge in [-0.3, -0.25) is 4.79 Å². The van der Waals surface area contributed by atoms with Gasteiger partial charge in [0.15, 0.2) is 5.78 Å². The van der Waals surface area contributed by atoms with E-state index in [0.717, 1.165) is 17.1 Å². The second-order valence-electron chi connectivity index (χ2n) is 4.54. The molecule has 2 rings (SSSR count). The Bertz CT molecular complexity index is 626. The van der Waals surface area contributed by atoms with Gasteiger partial charge in [-0.1, -0.05) is 0 Å². The average molecular weight is 243 g/mol. The highest BCUT2D eigenvalue weighted by Crippen LogP contribution is 2.21. The first-order valence-corrected chi connectivity index (χ1v) is 5.85. The standard InChI is InChI=1S/C14H17N3O/c1-8-9(2)16-17(10(8)3)12-5-6-13(11(4)18)14(15)7-12/h5-7H,15H2,1-4H3. The molecule has 18 heavy (non-hydrogen) atoms. The molecule has 0 saturated carbocycles. The summed E-state index contributed by atoms with van der Waals surface area (Å²) >= 11 is 0. The maximum atomic E-state index is 11.3. The van der Waals surface area contributed by atoms with Gasteiger partial charge in [0.2, 0.25) is 0 Å². The zero-order chi connectivity index (χ0) is 13.4. The van der Waals surface area contributed by atoms with Gasteiger partial charge in [-0.25, -0.2) is 4.68 Å². The van der Waals surface area contributed by atoms with Gasteiger partial charge in [0.1, 0.15) is 0 Å². The van der Waals surface area contributed by atoms with Crippen LogP contribution in [-0.4, -0.2) is 15.6 Å². The number of anilines is 1. The number of benzene rings is 1. The van der Waals surface area contributed by atoms with Gasteiger partial charge in [-0.05, 0) is 51.5 Å². The number of aryl methyl sites for hydroxylation is 1. The predicted molar refractivity (Wildman–Crippen MR) is 72.2 cm³/mol. The zero-order valence-corrected chi connectivity index (χ0v) is 11.1. The van der Waals surface area contributed by atoms with Gasteiger partial charge in [0.05, 0.1) is 11.4 Å². The molecule has 2 aromatic rings. The maximum absolute atomic E-state index is 11.3. The number of carbonyl (C=O) groups excluding carboxylic acids is 1. The van der Waals surface area contributed by atoms with Crippen molar-refractivity contribution in [3.63, 3.8) is 0 Å². The van der Waals surface area contributed by atoms with Crippen LogP contribution < -0.4 is 5.73 Å². The fourth-order valence-corrected chi connectivity index (χ4v) is 1.97. The number of Topliss-reactive ketones (excluding diaryl/α,β-unsaturated/α-hetero) is 1. The predicted octanol–water partition coefficient (Wildman–Crippen LogP) is 2.58. The lowest BCUT2D eigenvalue weighted by Crippen LogP contribution is -2.04. The number of carbonyl (C=O) groups is 1. The summed E-state index contributed by atoms with van der Waals surface area (Å²) in [6.07, 6.45) is 0. The Morgan fingerprint density at radius 1 is 1.28 bits per heavy atom. The van der Waals surface area contributed by atoms with Crippen molar-refractivity contribution in [2.24, 2.45) is 0 Å². The monoisotopic (exact) mass is 243 g/mol. The van der Waals surface area contributed by atoms with Gasteiger partial charge in [0.25, 0.3) is 0 Å². The van der Waals surface area contributed by atoms with Crippen LogP contribution in [0.3, 0.4) is 0 Å². The summed E-state index contributed by atoms with van der Waals surface area (Å²) in [5.74, 6) is -0.0244. The Kier molecular flexibility index (Phi) is 2.95. The van der Waals surface area contributed by atoms with Crippen LogP contribution in [0.1, 0.15) is 34.2 Å². The molecule has 0 aliphatic carbocycles. The first-order valence-electron chi connectivity index (χ1n) is 5.85. The maximum Gasteiger partial charge on any atom is 0.161 e. The molecule has 0 aliphatic rings. The normalized spacial score (nSPS) is 10.7. The first-order chi connectivity index (χ1) is 8.41. The minimum atomic E-state index is -0.0244. The SMILES string of the molecule is CC(=O)c1ccc(-n2nc(C)c(C)c2C)cc1N. The molecule has 4 nitrogen and oxygen atoms in total. The van der Waals surface area contributed by atoms with Gasteiger partial charge in [-0.15, -0.1) is 0 Å². The van der Waals surface area contributed by atoms with Crippen molar-refractivity contribution in [3.05, 3.63) is 40.7 Å². The minimum Gasteiger partial charge on any atom is -0.398 e. The number of nitrogens with zero attached hydrogens (tertiary/aromatic N) is 2. The summed E-state index contributed by atoms with van der Waals surface area (Å²) in [7, 11) is 0. The van der Waals surface area contributed by atoms with Crippen LogP contribution in [-0.2, 0) is 0 Å². The van der Waals surface area contributed by atoms with E-state index in [9.17, 15) is 4.79 Å². The minimum absolute atomic E-state index is 0.0244. The van der Waals surface area contributed by atoms with Crippen molar-refractivity contribution < 1.29 is 4.79 Å². The molecule has 0 unspecified atom stereocenters. The van der Waals surface area contributed by atoms with E-state index < -0.39 is 0 Å². The van der Waals surface area contributed by atoms with Crippen molar-refractivity contribution >= 4 is 11.5 Å². The van der Waals surface area contributed by atoms with Crippen molar-refractivity contribution in [2.45, 2.75) is 27.7 Å². The van der Waals surface area contributed by atoms with Crippen molar-refractivity contribution in [1.29, 1.82) is 0 Å². The highest BCUT2D eigenvalue weighted by molar-refractivity contribution is 5.99. The molecule has 0 aliphatic heterocycles. The summed E-state index contributed by atoms with van der Waals surface area (Å²) < 4.78 is 1.85. The molecule has 94 valence electrons. The van der Waals surface area contributed by atoms with Gasteiger partial charge in [-0.2, -0.15) is 5.10 Å². The molecule has 0 amide bonds. The van der Waals surface area contributed by atoms with E-state index in [1.165, 1.54) is 12.5 Å². The third kappa shape index (κ3) is 1.90. The lowest BCUT2D eigenvalue weighted by atomic mass is 10.1. The Labute approximate surface area is 106 Å². The molecular formula is C14H17N3O. The third-order valence-corrected chi connectivity index (χ3v) is 3.31. The van der Waals surface area contributed by atoms with Crippen LogP contribution in [0.4, 0.5) is 5.69 Å². The molecule has 1 heterocycles. The lowest BCUT2D eigenvalue weighted by Gasteiger charge is -2.08. The smallest absolute Gasteiger partial charge is 0.161 e. The van der Waals surface area contributed by atoms with Crippen molar-refractivity contribution in [3.8, 4) is 5.69 Å². The number of hydrogen-bond donors (Lipinski definition) is 1. The number of hydrogen-bond acceptors (Lipinski definition) is 3. The van der Waals surface area contributed by atoms with Crippen LogP contribution in [0.15, 0.2) is 18.2 Å². The Balaban J connectivity index is 2.55. The fourth-order valence-electron chi connectivity index (χ4n) is 1.97. The highest BCUT2D eigenvalue weighted by Gasteiger charge is 2.11. The Morgan fingerprint density at radius 3 is 2.39 bits per heavy atom. The van der Waals surface area contributed by atoms with Crippen LogP contribution in [0.2, 0.25) is 0 Å². The zero-order valence-electron chi connectivity index (χ0n) is 11.1. The van der Waals surface area contributed by atoms with Crippen LogP contribution >= 0.6 is 0 Å².